The van der Waals surface area contributed by atoms with Crippen LogP contribution in [0.5, 0.6) is 0 Å². The molecule has 170 valence electrons. The molecule has 1 aromatic carbocycles. The Morgan fingerprint density at radius 2 is 2.03 bits per heavy atom. The van der Waals surface area contributed by atoms with Gasteiger partial charge in [0, 0.05) is 54.7 Å². The van der Waals surface area contributed by atoms with Crippen molar-refractivity contribution in [2.24, 2.45) is 14.1 Å². The lowest BCUT2D eigenvalue weighted by Gasteiger charge is -2.29. The molecule has 7 nitrogen and oxygen atoms in total. The van der Waals surface area contributed by atoms with Gasteiger partial charge in [-0.25, -0.2) is 9.37 Å². The van der Waals surface area contributed by atoms with Crippen LogP contribution in [-0.2, 0) is 18.8 Å². The number of pyridine rings is 1. The minimum atomic E-state index is -0.531. The first-order valence-corrected chi connectivity index (χ1v) is 11.1. The van der Waals surface area contributed by atoms with Gasteiger partial charge in [0.15, 0.2) is 0 Å². The van der Waals surface area contributed by atoms with Crippen molar-refractivity contribution in [1.82, 2.24) is 24.3 Å². The van der Waals surface area contributed by atoms with Gasteiger partial charge in [0.2, 0.25) is 0 Å². The zero-order valence-electron chi connectivity index (χ0n) is 18.5. The normalized spacial score (nSPS) is 18.7. The summed E-state index contributed by atoms with van der Waals surface area (Å²) in [6.07, 6.45) is 5.12. The Balaban J connectivity index is 1.67. The molecule has 0 aliphatic carbocycles. The predicted molar refractivity (Wildman–Crippen MR) is 124 cm³/mol. The van der Waals surface area contributed by atoms with Crippen LogP contribution in [0.4, 0.5) is 4.39 Å². The zero-order valence-corrected chi connectivity index (χ0v) is 19.3. The first kappa shape index (κ1) is 21.7. The average molecular weight is 468 g/mol. The van der Waals surface area contributed by atoms with Gasteiger partial charge < -0.3 is 4.74 Å². The fraction of sp³-hybridized carbons (Fsp3) is 0.333. The van der Waals surface area contributed by atoms with Crippen LogP contribution in [0.3, 0.4) is 0 Å². The molecule has 0 amide bonds. The van der Waals surface area contributed by atoms with E-state index in [1.807, 2.05) is 25.5 Å². The van der Waals surface area contributed by atoms with E-state index in [2.05, 4.69) is 10.1 Å². The maximum atomic E-state index is 15.0. The Labute approximate surface area is 194 Å². The quantitative estimate of drug-likeness (QED) is 0.444. The van der Waals surface area contributed by atoms with Crippen molar-refractivity contribution in [3.05, 3.63) is 74.9 Å². The Kier molecular flexibility index (Phi) is 5.50. The van der Waals surface area contributed by atoms with E-state index >= 15 is 0 Å². The smallest absolute Gasteiger partial charge is 0.263 e. The molecule has 2 atom stereocenters. The largest absolute Gasteiger partial charge is 0.373 e. The van der Waals surface area contributed by atoms with Gasteiger partial charge in [-0.15, -0.1) is 0 Å². The van der Waals surface area contributed by atoms with Gasteiger partial charge >= 0.3 is 0 Å². The molecule has 33 heavy (non-hydrogen) atoms. The molecule has 3 aromatic heterocycles. The first-order chi connectivity index (χ1) is 15.8. The van der Waals surface area contributed by atoms with Crippen molar-refractivity contribution in [1.29, 1.82) is 0 Å². The fourth-order valence-corrected chi connectivity index (χ4v) is 4.56. The Bertz CT molecular complexity index is 1430. The molecule has 4 aromatic rings. The fourth-order valence-electron chi connectivity index (χ4n) is 4.40. The molecule has 1 fully saturated rings. The minimum absolute atomic E-state index is 0.0635. The van der Waals surface area contributed by atoms with Crippen molar-refractivity contribution < 1.29 is 9.13 Å². The SMILES string of the molecule is Cc1nc2cc([C@@H]3CCO[C@H](c4cnn(C)c4)C3)nc(-c3ccc(Cl)cc3F)c2c(=O)n1C. The van der Waals surface area contributed by atoms with Crippen molar-refractivity contribution in [3.63, 3.8) is 0 Å². The van der Waals surface area contributed by atoms with Crippen LogP contribution in [0, 0.1) is 12.7 Å². The van der Waals surface area contributed by atoms with Gasteiger partial charge in [-0.2, -0.15) is 5.10 Å². The summed E-state index contributed by atoms with van der Waals surface area (Å²) in [7, 11) is 3.52. The molecule has 0 spiro atoms. The van der Waals surface area contributed by atoms with E-state index < -0.39 is 5.82 Å². The van der Waals surface area contributed by atoms with E-state index in [-0.39, 0.29) is 33.9 Å². The van der Waals surface area contributed by atoms with Crippen molar-refractivity contribution >= 4 is 22.5 Å². The summed E-state index contributed by atoms with van der Waals surface area (Å²) >= 11 is 5.97. The number of fused-ring (bicyclic) bond motifs is 1. The molecule has 9 heteroatoms. The third-order valence-electron chi connectivity index (χ3n) is 6.29. The van der Waals surface area contributed by atoms with E-state index in [9.17, 15) is 9.18 Å². The van der Waals surface area contributed by atoms with Gasteiger partial charge in [-0.05, 0) is 44.0 Å². The summed E-state index contributed by atoms with van der Waals surface area (Å²) in [6.45, 7) is 2.34. The molecule has 0 bridgehead atoms. The van der Waals surface area contributed by atoms with Crippen LogP contribution in [0.1, 0.15) is 41.9 Å². The molecule has 5 rings (SSSR count). The number of benzene rings is 1. The van der Waals surface area contributed by atoms with Crippen LogP contribution in [0.15, 0.2) is 41.5 Å². The molecule has 1 saturated heterocycles. The van der Waals surface area contributed by atoms with E-state index in [1.54, 1.807) is 30.8 Å². The molecule has 0 radical (unpaired) electrons. The highest BCUT2D eigenvalue weighted by Crippen LogP contribution is 2.39. The molecule has 1 aliphatic rings. The molecular weight excluding hydrogens is 445 g/mol. The third kappa shape index (κ3) is 3.94. The summed E-state index contributed by atoms with van der Waals surface area (Å²) in [5.74, 6) is 0.109. The number of aryl methyl sites for hydroxylation is 2. The summed E-state index contributed by atoms with van der Waals surface area (Å²) in [6, 6.07) is 6.25. The third-order valence-corrected chi connectivity index (χ3v) is 6.52. The second-order valence-corrected chi connectivity index (χ2v) is 8.90. The van der Waals surface area contributed by atoms with Crippen molar-refractivity contribution in [3.8, 4) is 11.3 Å². The number of ether oxygens (including phenoxy) is 1. The maximum absolute atomic E-state index is 15.0. The van der Waals surface area contributed by atoms with Gasteiger partial charge in [-0.1, -0.05) is 11.6 Å². The first-order valence-electron chi connectivity index (χ1n) is 10.8. The minimum Gasteiger partial charge on any atom is -0.373 e. The van der Waals surface area contributed by atoms with Crippen molar-refractivity contribution in [2.75, 3.05) is 6.61 Å². The summed E-state index contributed by atoms with van der Waals surface area (Å²) in [5, 5.41) is 4.83. The Morgan fingerprint density at radius 1 is 1.21 bits per heavy atom. The number of halogens is 2. The van der Waals surface area contributed by atoms with Gasteiger partial charge in [0.05, 0.1) is 28.9 Å². The van der Waals surface area contributed by atoms with Crippen LogP contribution in [0.2, 0.25) is 5.02 Å². The zero-order chi connectivity index (χ0) is 23.3. The monoisotopic (exact) mass is 467 g/mol. The average Bonchev–Trinajstić information content (AvgIpc) is 3.23. The molecule has 0 N–H and O–H groups in total. The summed E-state index contributed by atoms with van der Waals surface area (Å²) < 4.78 is 24.1. The van der Waals surface area contributed by atoms with Crippen LogP contribution >= 0.6 is 11.6 Å². The number of hydrogen-bond donors (Lipinski definition) is 0. The highest BCUT2D eigenvalue weighted by molar-refractivity contribution is 6.30. The molecule has 1 aliphatic heterocycles. The molecule has 0 unspecified atom stereocenters. The second kappa shape index (κ2) is 8.35. The predicted octanol–water partition coefficient (Wildman–Crippen LogP) is 4.47. The topological polar surface area (TPSA) is 74.8 Å². The lowest BCUT2D eigenvalue weighted by molar-refractivity contribution is 0.00464. The molecular formula is C24H23ClFN5O2. The Morgan fingerprint density at radius 3 is 2.76 bits per heavy atom. The maximum Gasteiger partial charge on any atom is 0.263 e. The molecule has 4 heterocycles. The lowest BCUT2D eigenvalue weighted by atomic mass is 9.89. The standard InChI is InChI=1S/C24H23ClFN5O2/c1-13-28-20-10-19(14-6-7-33-21(8-14)15-11-27-30(2)12-15)29-23(22(20)24(32)31(13)3)17-5-4-16(25)9-18(17)26/h4-5,9-12,14,21H,6-8H2,1-3H3/t14-,21+/m1/s1. The second-order valence-electron chi connectivity index (χ2n) is 8.47. The van der Waals surface area contributed by atoms with Crippen molar-refractivity contribution in [2.45, 2.75) is 31.8 Å². The number of nitrogens with zero attached hydrogens (tertiary/aromatic N) is 5. The van der Waals surface area contributed by atoms with E-state index in [0.29, 0.717) is 29.8 Å². The Hall–Kier alpha value is -3.10. The lowest BCUT2D eigenvalue weighted by Crippen LogP contribution is -2.23. The van der Waals surface area contributed by atoms with Gasteiger partial charge in [0.25, 0.3) is 5.56 Å². The number of aromatic nitrogens is 5. The number of hydrogen-bond acceptors (Lipinski definition) is 5. The summed E-state index contributed by atoms with van der Waals surface area (Å²) in [5.41, 5.74) is 2.54. The van der Waals surface area contributed by atoms with E-state index in [0.717, 1.165) is 17.7 Å². The number of rotatable bonds is 3. The van der Waals surface area contributed by atoms with Crippen LogP contribution < -0.4 is 5.56 Å². The molecule has 0 saturated carbocycles. The highest BCUT2D eigenvalue weighted by atomic mass is 35.5. The van der Waals surface area contributed by atoms with Gasteiger partial charge in [0.1, 0.15) is 11.6 Å². The highest BCUT2D eigenvalue weighted by Gasteiger charge is 2.28. The summed E-state index contributed by atoms with van der Waals surface area (Å²) in [4.78, 5) is 22.6. The van der Waals surface area contributed by atoms with Gasteiger partial charge in [-0.3, -0.25) is 19.0 Å². The van der Waals surface area contributed by atoms with Crippen LogP contribution in [-0.4, -0.2) is 30.9 Å². The van der Waals surface area contributed by atoms with E-state index in [4.69, 9.17) is 21.3 Å². The van der Waals surface area contributed by atoms with E-state index in [1.165, 1.54) is 10.6 Å². The van der Waals surface area contributed by atoms with Crippen LogP contribution in [0.25, 0.3) is 22.2 Å².